The van der Waals surface area contributed by atoms with E-state index < -0.39 is 10.0 Å². The topological polar surface area (TPSA) is 78.5 Å². The van der Waals surface area contributed by atoms with Gasteiger partial charge in [-0.3, -0.25) is 4.79 Å². The predicted molar refractivity (Wildman–Crippen MR) is 107 cm³/mol. The number of amides is 1. The molecule has 0 aromatic heterocycles. The molecule has 1 aromatic rings. The molecule has 150 valence electrons. The largest absolute Gasteiger partial charge is 0.339 e. The molecular formula is C19H28ClN3O3S. The maximum absolute atomic E-state index is 13.1. The van der Waals surface area contributed by atoms with E-state index in [1.165, 1.54) is 18.9 Å². The number of aryl methyl sites for hydroxylation is 1. The van der Waals surface area contributed by atoms with Gasteiger partial charge in [-0.05, 0) is 63.1 Å². The van der Waals surface area contributed by atoms with Crippen LogP contribution in [0.2, 0.25) is 0 Å². The normalized spacial score (nSPS) is 27.1. The maximum atomic E-state index is 13.1. The Bertz CT molecular complexity index is 813. The van der Waals surface area contributed by atoms with Gasteiger partial charge in [0.15, 0.2) is 0 Å². The summed E-state index contributed by atoms with van der Waals surface area (Å²) in [6.07, 6.45) is 6.08. The molecule has 3 aliphatic rings. The lowest BCUT2D eigenvalue weighted by Crippen LogP contribution is -2.48. The van der Waals surface area contributed by atoms with E-state index in [4.69, 9.17) is 0 Å². The van der Waals surface area contributed by atoms with Crippen LogP contribution in [0.15, 0.2) is 23.1 Å². The molecule has 27 heavy (non-hydrogen) atoms. The second-order valence-electron chi connectivity index (χ2n) is 8.05. The van der Waals surface area contributed by atoms with Crippen molar-refractivity contribution in [3.05, 3.63) is 29.3 Å². The highest BCUT2D eigenvalue weighted by Crippen LogP contribution is 2.30. The molecular weight excluding hydrogens is 386 g/mol. The molecule has 0 radical (unpaired) electrons. The summed E-state index contributed by atoms with van der Waals surface area (Å²) >= 11 is 0. The second kappa shape index (κ2) is 7.70. The summed E-state index contributed by atoms with van der Waals surface area (Å²) in [6.45, 7) is 1.86. The Hall–Kier alpha value is -1.15. The zero-order valence-corrected chi connectivity index (χ0v) is 17.4. The average Bonchev–Trinajstić information content (AvgIpc) is 3.35. The molecule has 1 aromatic carbocycles. The molecule has 1 amide bonds. The first kappa shape index (κ1) is 20.6. The molecule has 1 saturated carbocycles. The predicted octanol–water partition coefficient (Wildman–Crippen LogP) is 2.21. The number of halogens is 1. The van der Waals surface area contributed by atoms with Crippen LogP contribution in [-0.4, -0.2) is 50.4 Å². The molecule has 6 nitrogen and oxygen atoms in total. The molecule has 2 bridgehead atoms. The van der Waals surface area contributed by atoms with Crippen molar-refractivity contribution >= 4 is 28.3 Å². The number of carbonyl (C=O) groups is 1. The van der Waals surface area contributed by atoms with Crippen LogP contribution in [0.3, 0.4) is 0 Å². The number of carbonyl (C=O) groups excluding carboxylic acids is 1. The fraction of sp³-hybridized carbons (Fsp3) is 0.632. The zero-order chi connectivity index (χ0) is 18.5. The van der Waals surface area contributed by atoms with Gasteiger partial charge >= 0.3 is 0 Å². The van der Waals surface area contributed by atoms with Crippen LogP contribution in [0, 0.1) is 6.92 Å². The molecule has 4 rings (SSSR count). The van der Waals surface area contributed by atoms with E-state index in [9.17, 15) is 13.2 Å². The van der Waals surface area contributed by atoms with Crippen LogP contribution < -0.4 is 10.0 Å². The van der Waals surface area contributed by atoms with Crippen molar-refractivity contribution in [1.82, 2.24) is 14.9 Å². The first-order valence-corrected chi connectivity index (χ1v) is 11.0. The van der Waals surface area contributed by atoms with Crippen LogP contribution in [0.5, 0.6) is 0 Å². The van der Waals surface area contributed by atoms with E-state index in [0.717, 1.165) is 31.2 Å². The Kier molecular flexibility index (Phi) is 5.87. The standard InChI is InChI=1S/C19H27N3O3S.ClH/c1-12-3-8-17(26(24,25)21-13-4-5-13)11-18(12)19(23)22(2)16-9-14-6-7-15(10-16)20-14;/h3,8,11,13-16,20-21H,4-7,9-10H2,1-2H3;1H. The number of benzene rings is 1. The van der Waals surface area contributed by atoms with Crippen molar-refractivity contribution in [2.45, 2.75) is 74.5 Å². The second-order valence-corrected chi connectivity index (χ2v) is 9.77. The van der Waals surface area contributed by atoms with E-state index in [1.54, 1.807) is 12.1 Å². The fourth-order valence-electron chi connectivity index (χ4n) is 4.19. The third-order valence-electron chi connectivity index (χ3n) is 5.97. The summed E-state index contributed by atoms with van der Waals surface area (Å²) in [5.41, 5.74) is 1.29. The van der Waals surface area contributed by atoms with Crippen LogP contribution in [0.4, 0.5) is 0 Å². The van der Waals surface area contributed by atoms with Gasteiger partial charge < -0.3 is 10.2 Å². The summed E-state index contributed by atoms with van der Waals surface area (Å²) in [5, 5.41) is 3.59. The summed E-state index contributed by atoms with van der Waals surface area (Å²) in [6, 6.07) is 6.12. The highest BCUT2D eigenvalue weighted by molar-refractivity contribution is 7.89. The molecule has 2 unspecified atom stereocenters. The van der Waals surface area contributed by atoms with Gasteiger partial charge in [-0.15, -0.1) is 12.4 Å². The van der Waals surface area contributed by atoms with Crippen LogP contribution in [0.25, 0.3) is 0 Å². The van der Waals surface area contributed by atoms with E-state index in [-0.39, 0.29) is 35.3 Å². The minimum atomic E-state index is -3.56. The van der Waals surface area contributed by atoms with E-state index in [2.05, 4.69) is 10.0 Å². The summed E-state index contributed by atoms with van der Waals surface area (Å²) in [7, 11) is -1.71. The average molecular weight is 414 g/mol. The lowest BCUT2D eigenvalue weighted by Gasteiger charge is -2.35. The molecule has 2 aliphatic heterocycles. The first-order valence-electron chi connectivity index (χ1n) is 9.49. The monoisotopic (exact) mass is 413 g/mol. The van der Waals surface area contributed by atoms with Gasteiger partial charge in [0.2, 0.25) is 10.0 Å². The summed E-state index contributed by atoms with van der Waals surface area (Å²) in [5.74, 6) is -0.0859. The molecule has 2 saturated heterocycles. The van der Waals surface area contributed by atoms with E-state index in [1.807, 2.05) is 18.9 Å². The fourth-order valence-corrected chi connectivity index (χ4v) is 5.52. The minimum absolute atomic E-state index is 0. The Labute approximate surface area is 167 Å². The van der Waals surface area contributed by atoms with Crippen molar-refractivity contribution in [1.29, 1.82) is 0 Å². The Morgan fingerprint density at radius 3 is 2.37 bits per heavy atom. The number of hydrogen-bond acceptors (Lipinski definition) is 4. The maximum Gasteiger partial charge on any atom is 0.254 e. The number of nitrogens with zero attached hydrogens (tertiary/aromatic N) is 1. The summed E-state index contributed by atoms with van der Waals surface area (Å²) in [4.78, 5) is 15.1. The third-order valence-corrected chi connectivity index (χ3v) is 7.48. The van der Waals surface area contributed by atoms with Crippen LogP contribution in [-0.2, 0) is 10.0 Å². The van der Waals surface area contributed by atoms with Gasteiger partial charge in [-0.1, -0.05) is 6.07 Å². The number of piperidine rings is 1. The van der Waals surface area contributed by atoms with E-state index >= 15 is 0 Å². The van der Waals surface area contributed by atoms with Crippen molar-refractivity contribution in [3.63, 3.8) is 0 Å². The zero-order valence-electron chi connectivity index (χ0n) is 15.8. The number of hydrogen-bond donors (Lipinski definition) is 2. The number of sulfonamides is 1. The molecule has 0 spiro atoms. The molecule has 2 N–H and O–H groups in total. The number of rotatable bonds is 5. The van der Waals surface area contributed by atoms with E-state index in [0.29, 0.717) is 17.6 Å². The SMILES string of the molecule is Cc1ccc(S(=O)(=O)NC2CC2)cc1C(=O)N(C)C1CC2CCC(C1)N2.Cl. The van der Waals surface area contributed by atoms with Crippen molar-refractivity contribution in [3.8, 4) is 0 Å². The Balaban J connectivity index is 0.00000210. The first-order chi connectivity index (χ1) is 12.3. The smallest absolute Gasteiger partial charge is 0.254 e. The highest BCUT2D eigenvalue weighted by atomic mass is 35.5. The highest BCUT2D eigenvalue weighted by Gasteiger charge is 2.37. The number of nitrogens with one attached hydrogen (secondary N) is 2. The van der Waals surface area contributed by atoms with Crippen molar-refractivity contribution in [2.75, 3.05) is 7.05 Å². The van der Waals surface area contributed by atoms with Crippen LogP contribution >= 0.6 is 12.4 Å². The molecule has 2 atom stereocenters. The molecule has 1 aliphatic carbocycles. The summed E-state index contributed by atoms with van der Waals surface area (Å²) < 4.78 is 27.7. The third kappa shape index (κ3) is 4.31. The minimum Gasteiger partial charge on any atom is -0.339 e. The quantitative estimate of drug-likeness (QED) is 0.775. The Morgan fingerprint density at radius 1 is 1.15 bits per heavy atom. The van der Waals surface area contributed by atoms with Gasteiger partial charge in [-0.25, -0.2) is 13.1 Å². The lowest BCUT2D eigenvalue weighted by molar-refractivity contribution is 0.0680. The van der Waals surface area contributed by atoms with Crippen LogP contribution in [0.1, 0.15) is 54.4 Å². The molecule has 3 fully saturated rings. The van der Waals surface area contributed by atoms with Gasteiger partial charge in [0, 0.05) is 36.8 Å². The molecule has 8 heteroatoms. The Morgan fingerprint density at radius 2 is 1.78 bits per heavy atom. The molecule has 2 heterocycles. The number of fused-ring (bicyclic) bond motifs is 2. The van der Waals surface area contributed by atoms with Crippen molar-refractivity contribution in [2.24, 2.45) is 0 Å². The van der Waals surface area contributed by atoms with Gasteiger partial charge in [0.05, 0.1) is 4.90 Å². The van der Waals surface area contributed by atoms with Gasteiger partial charge in [0.1, 0.15) is 0 Å². The van der Waals surface area contributed by atoms with Crippen molar-refractivity contribution < 1.29 is 13.2 Å². The van der Waals surface area contributed by atoms with Gasteiger partial charge in [-0.2, -0.15) is 0 Å². The van der Waals surface area contributed by atoms with Gasteiger partial charge in [0.25, 0.3) is 5.91 Å². The lowest BCUT2D eigenvalue weighted by atomic mass is 9.97.